The van der Waals surface area contributed by atoms with Gasteiger partial charge < -0.3 is 20.3 Å². The number of hydrogen-bond donors (Lipinski definition) is 3. The average molecular weight is 287 g/mol. The molecule has 0 bridgehead atoms. The number of carboxylic acids is 2. The lowest BCUT2D eigenvalue weighted by atomic mass is 10.1. The van der Waals surface area contributed by atoms with Crippen molar-refractivity contribution in [2.75, 3.05) is 7.11 Å². The molecule has 8 heteroatoms. The maximum atomic E-state index is 11.8. The molecule has 0 aliphatic heterocycles. The third kappa shape index (κ3) is 4.59. The van der Waals surface area contributed by atoms with Crippen molar-refractivity contribution in [2.24, 2.45) is 0 Å². The van der Waals surface area contributed by atoms with Gasteiger partial charge >= 0.3 is 11.9 Å². The third-order valence-corrected chi connectivity index (χ3v) is 3.19. The SMILES string of the molecule is COc1csc(C(=O)N[C@@H](CCC(=O)O)C(=O)O)c1. The fourth-order valence-corrected chi connectivity index (χ4v) is 2.06. The molecule has 0 fully saturated rings. The van der Waals surface area contributed by atoms with Crippen molar-refractivity contribution in [3.05, 3.63) is 16.3 Å². The molecule has 7 nitrogen and oxygen atoms in total. The third-order valence-electron chi connectivity index (χ3n) is 2.29. The number of carbonyl (C=O) groups excluding carboxylic acids is 1. The van der Waals surface area contributed by atoms with Crippen molar-refractivity contribution in [1.29, 1.82) is 0 Å². The van der Waals surface area contributed by atoms with E-state index >= 15 is 0 Å². The minimum atomic E-state index is -1.27. The van der Waals surface area contributed by atoms with Crippen LogP contribution < -0.4 is 10.1 Å². The van der Waals surface area contributed by atoms with E-state index in [1.54, 1.807) is 5.38 Å². The molecule has 3 N–H and O–H groups in total. The van der Waals surface area contributed by atoms with Gasteiger partial charge in [0, 0.05) is 17.9 Å². The number of hydrogen-bond acceptors (Lipinski definition) is 5. The molecule has 0 saturated carbocycles. The summed E-state index contributed by atoms with van der Waals surface area (Å²) in [6.07, 6.45) is -0.496. The van der Waals surface area contributed by atoms with E-state index in [9.17, 15) is 14.4 Å². The zero-order valence-corrected chi connectivity index (χ0v) is 10.9. The van der Waals surface area contributed by atoms with Gasteiger partial charge in [-0.15, -0.1) is 11.3 Å². The van der Waals surface area contributed by atoms with Gasteiger partial charge in [0.25, 0.3) is 5.91 Å². The first-order valence-electron chi connectivity index (χ1n) is 5.32. The van der Waals surface area contributed by atoms with Crippen molar-refractivity contribution >= 4 is 29.2 Å². The largest absolute Gasteiger partial charge is 0.496 e. The van der Waals surface area contributed by atoms with Crippen LogP contribution in [0.25, 0.3) is 0 Å². The number of thiophene rings is 1. The number of nitrogens with one attached hydrogen (secondary N) is 1. The van der Waals surface area contributed by atoms with Crippen LogP contribution in [0.1, 0.15) is 22.5 Å². The van der Waals surface area contributed by atoms with Gasteiger partial charge in [-0.2, -0.15) is 0 Å². The second-order valence-corrected chi connectivity index (χ2v) is 4.56. The van der Waals surface area contributed by atoms with Gasteiger partial charge in [0.05, 0.1) is 12.0 Å². The zero-order chi connectivity index (χ0) is 14.4. The number of amides is 1. The molecule has 19 heavy (non-hydrogen) atoms. The second kappa shape index (κ2) is 6.74. The van der Waals surface area contributed by atoms with Gasteiger partial charge in [-0.1, -0.05) is 0 Å². The van der Waals surface area contributed by atoms with E-state index in [-0.39, 0.29) is 12.8 Å². The number of rotatable bonds is 7. The Hall–Kier alpha value is -2.09. The van der Waals surface area contributed by atoms with Crippen LogP contribution in [-0.4, -0.2) is 41.2 Å². The monoisotopic (exact) mass is 287 g/mol. The lowest BCUT2D eigenvalue weighted by molar-refractivity contribution is -0.140. The molecule has 1 aromatic heterocycles. The summed E-state index contributed by atoms with van der Waals surface area (Å²) in [6.45, 7) is 0. The number of carboxylic acid groups (broad SMARTS) is 2. The number of aliphatic carboxylic acids is 2. The summed E-state index contributed by atoms with van der Waals surface area (Å²) >= 11 is 1.11. The van der Waals surface area contributed by atoms with Crippen molar-refractivity contribution in [2.45, 2.75) is 18.9 Å². The van der Waals surface area contributed by atoms with Crippen molar-refractivity contribution in [3.63, 3.8) is 0 Å². The minimum Gasteiger partial charge on any atom is -0.496 e. The molecule has 0 radical (unpaired) electrons. The van der Waals surface area contributed by atoms with Crippen molar-refractivity contribution in [3.8, 4) is 5.75 Å². The summed E-state index contributed by atoms with van der Waals surface area (Å²) in [4.78, 5) is 33.4. The first kappa shape index (κ1) is 15.0. The Morgan fingerprint density at radius 2 is 2.11 bits per heavy atom. The molecule has 1 atom stereocenters. The fourth-order valence-electron chi connectivity index (χ4n) is 1.30. The lowest BCUT2D eigenvalue weighted by Gasteiger charge is -2.12. The van der Waals surface area contributed by atoms with Gasteiger partial charge in [0.15, 0.2) is 0 Å². The summed E-state index contributed by atoms with van der Waals surface area (Å²) in [7, 11) is 1.46. The molecule has 1 aromatic rings. The van der Waals surface area contributed by atoms with Crippen LogP contribution in [0.15, 0.2) is 11.4 Å². The molecule has 0 spiro atoms. The molecule has 1 heterocycles. The smallest absolute Gasteiger partial charge is 0.326 e. The van der Waals surface area contributed by atoms with Crippen LogP contribution in [0.3, 0.4) is 0 Å². The van der Waals surface area contributed by atoms with Crippen LogP contribution in [0.5, 0.6) is 5.75 Å². The highest BCUT2D eigenvalue weighted by Crippen LogP contribution is 2.21. The Kier molecular flexibility index (Phi) is 5.31. The minimum absolute atomic E-state index is 0.168. The molecule has 0 aromatic carbocycles. The predicted octanol–water partition coefficient (Wildman–Crippen LogP) is 0.804. The van der Waals surface area contributed by atoms with Crippen LogP contribution in [-0.2, 0) is 9.59 Å². The zero-order valence-electron chi connectivity index (χ0n) is 10.1. The standard InChI is InChI=1S/C11H13NO6S/c1-18-6-4-8(19-5-6)10(15)12-7(11(16)17)2-3-9(13)14/h4-5,7H,2-3H2,1H3,(H,12,15)(H,13,14)(H,16,17)/t7-/m0/s1. The van der Waals surface area contributed by atoms with Gasteiger partial charge in [-0.05, 0) is 6.42 Å². The molecule has 0 aliphatic rings. The fraction of sp³-hybridized carbons (Fsp3) is 0.364. The average Bonchev–Trinajstić information content (AvgIpc) is 2.82. The van der Waals surface area contributed by atoms with Crippen LogP contribution in [0.2, 0.25) is 0 Å². The van der Waals surface area contributed by atoms with Gasteiger partial charge in [-0.25, -0.2) is 4.79 Å². The molecule has 0 unspecified atom stereocenters. The molecular weight excluding hydrogens is 274 g/mol. The highest BCUT2D eigenvalue weighted by atomic mass is 32.1. The Morgan fingerprint density at radius 3 is 2.58 bits per heavy atom. The van der Waals surface area contributed by atoms with E-state index in [0.717, 1.165) is 11.3 Å². The highest BCUT2D eigenvalue weighted by Gasteiger charge is 2.22. The molecule has 0 aliphatic carbocycles. The number of methoxy groups -OCH3 is 1. The van der Waals surface area contributed by atoms with Crippen molar-refractivity contribution < 1.29 is 29.3 Å². The summed E-state index contributed by atoms with van der Waals surface area (Å²) in [5.41, 5.74) is 0. The predicted molar refractivity (Wildman–Crippen MR) is 66.6 cm³/mol. The Labute approximate surface area is 112 Å². The molecule has 0 saturated heterocycles. The summed E-state index contributed by atoms with van der Waals surface area (Å²) in [5.74, 6) is -2.44. The molecule has 1 amide bonds. The second-order valence-electron chi connectivity index (χ2n) is 3.65. The normalized spacial score (nSPS) is 11.6. The first-order valence-corrected chi connectivity index (χ1v) is 6.20. The van der Waals surface area contributed by atoms with E-state index in [4.69, 9.17) is 14.9 Å². The van der Waals surface area contributed by atoms with E-state index in [2.05, 4.69) is 5.32 Å². The van der Waals surface area contributed by atoms with Crippen LogP contribution in [0.4, 0.5) is 0 Å². The Balaban J connectivity index is 2.65. The first-order chi connectivity index (χ1) is 8.93. The molecular formula is C11H13NO6S. The topological polar surface area (TPSA) is 113 Å². The Bertz CT molecular complexity index is 483. The van der Waals surface area contributed by atoms with Gasteiger partial charge in [-0.3, -0.25) is 9.59 Å². The van der Waals surface area contributed by atoms with E-state index in [0.29, 0.717) is 10.6 Å². The lowest BCUT2D eigenvalue weighted by Crippen LogP contribution is -2.40. The molecule has 1 rings (SSSR count). The maximum Gasteiger partial charge on any atom is 0.326 e. The van der Waals surface area contributed by atoms with Crippen LogP contribution >= 0.6 is 11.3 Å². The number of carbonyl (C=O) groups is 3. The maximum absolute atomic E-state index is 11.8. The van der Waals surface area contributed by atoms with Crippen LogP contribution in [0, 0.1) is 0 Å². The van der Waals surface area contributed by atoms with E-state index in [1.165, 1.54) is 13.2 Å². The molecule has 104 valence electrons. The highest BCUT2D eigenvalue weighted by molar-refractivity contribution is 7.12. The van der Waals surface area contributed by atoms with Gasteiger partial charge in [0.2, 0.25) is 0 Å². The van der Waals surface area contributed by atoms with Crippen molar-refractivity contribution in [1.82, 2.24) is 5.32 Å². The summed E-state index contributed by atoms with van der Waals surface area (Å²) in [6, 6.07) is 0.257. The van der Waals surface area contributed by atoms with Gasteiger partial charge in [0.1, 0.15) is 11.8 Å². The van der Waals surface area contributed by atoms with E-state index < -0.39 is 23.9 Å². The quantitative estimate of drug-likeness (QED) is 0.683. The summed E-state index contributed by atoms with van der Waals surface area (Å²) in [5, 5.41) is 21.3. The number of ether oxygens (including phenoxy) is 1. The van der Waals surface area contributed by atoms with E-state index in [1.807, 2.05) is 0 Å². The Morgan fingerprint density at radius 1 is 1.42 bits per heavy atom. The summed E-state index contributed by atoms with van der Waals surface area (Å²) < 4.78 is 4.91.